The van der Waals surface area contributed by atoms with Crippen molar-refractivity contribution in [3.8, 4) is 11.5 Å². The summed E-state index contributed by atoms with van der Waals surface area (Å²) in [5.74, 6) is 2.49. The summed E-state index contributed by atoms with van der Waals surface area (Å²) in [5, 5.41) is 0.439. The lowest BCUT2D eigenvalue weighted by Gasteiger charge is -2.23. The van der Waals surface area contributed by atoms with Crippen molar-refractivity contribution in [2.45, 2.75) is 5.37 Å². The van der Waals surface area contributed by atoms with Crippen molar-refractivity contribution in [2.75, 3.05) is 31.3 Å². The lowest BCUT2D eigenvalue weighted by atomic mass is 10.3. The van der Waals surface area contributed by atoms with Crippen LogP contribution < -0.4 is 9.47 Å². The van der Waals surface area contributed by atoms with E-state index in [9.17, 15) is 4.79 Å². The summed E-state index contributed by atoms with van der Waals surface area (Å²) in [7, 11) is 1.62. The molecule has 0 spiro atoms. The van der Waals surface area contributed by atoms with Gasteiger partial charge in [0.05, 0.1) is 12.4 Å². The first-order valence-electron chi connectivity index (χ1n) is 5.99. The molecule has 104 valence electrons. The summed E-state index contributed by atoms with van der Waals surface area (Å²) in [6.07, 6.45) is 0. The van der Waals surface area contributed by atoms with Gasteiger partial charge in [0.25, 0.3) is 0 Å². The molecule has 0 aromatic heterocycles. The Morgan fingerprint density at radius 3 is 2.89 bits per heavy atom. The summed E-state index contributed by atoms with van der Waals surface area (Å²) >= 11 is 4.96. The zero-order valence-electron chi connectivity index (χ0n) is 10.7. The van der Waals surface area contributed by atoms with E-state index in [0.29, 0.717) is 23.4 Å². The van der Waals surface area contributed by atoms with E-state index in [4.69, 9.17) is 9.47 Å². The summed E-state index contributed by atoms with van der Waals surface area (Å²) in [6, 6.07) is 7.53. The van der Waals surface area contributed by atoms with E-state index in [-0.39, 0.29) is 11.3 Å². The number of rotatable bonds is 5. The number of hydrogen-bond donors (Lipinski definition) is 0. The smallest absolute Gasteiger partial charge is 0.234 e. The average molecular weight is 346 g/mol. The highest BCUT2D eigenvalue weighted by molar-refractivity contribution is 9.09. The summed E-state index contributed by atoms with van der Waals surface area (Å²) in [5.41, 5.74) is 0. The van der Waals surface area contributed by atoms with Crippen LogP contribution in [0.2, 0.25) is 0 Å². The molecular weight excluding hydrogens is 330 g/mol. The number of thioether (sulfide) groups is 1. The van der Waals surface area contributed by atoms with Crippen molar-refractivity contribution in [1.29, 1.82) is 0 Å². The number of hydrogen-bond acceptors (Lipinski definition) is 4. The van der Waals surface area contributed by atoms with Gasteiger partial charge in [-0.2, -0.15) is 0 Å². The molecule has 1 fully saturated rings. The number of carbonyl (C=O) groups excluding carboxylic acids is 1. The highest BCUT2D eigenvalue weighted by Gasteiger charge is 2.29. The molecular formula is C13H16BrNO3S. The predicted molar refractivity (Wildman–Crippen MR) is 80.2 cm³/mol. The maximum Gasteiger partial charge on any atom is 0.234 e. The van der Waals surface area contributed by atoms with Crippen LogP contribution in [0.4, 0.5) is 0 Å². The molecule has 1 unspecified atom stereocenters. The zero-order valence-corrected chi connectivity index (χ0v) is 13.1. The van der Waals surface area contributed by atoms with Crippen molar-refractivity contribution >= 4 is 33.6 Å². The van der Waals surface area contributed by atoms with Crippen LogP contribution in [0.3, 0.4) is 0 Å². The number of benzene rings is 1. The third-order valence-electron chi connectivity index (χ3n) is 2.88. The fourth-order valence-corrected chi connectivity index (χ4v) is 3.38. The molecule has 1 saturated heterocycles. The SMILES string of the molecule is COc1ccccc1OCC1SCCN1C(=O)CBr. The lowest BCUT2D eigenvalue weighted by molar-refractivity contribution is -0.128. The molecule has 1 amide bonds. The highest BCUT2D eigenvalue weighted by Crippen LogP contribution is 2.29. The number of carbonyl (C=O) groups is 1. The minimum absolute atomic E-state index is 0.0787. The lowest BCUT2D eigenvalue weighted by Crippen LogP contribution is -2.38. The molecule has 1 aliphatic heterocycles. The van der Waals surface area contributed by atoms with Crippen LogP contribution in [0.25, 0.3) is 0 Å². The second-order valence-corrected chi connectivity index (χ2v) is 5.85. The minimum atomic E-state index is 0.0787. The molecule has 1 aromatic carbocycles. The van der Waals surface area contributed by atoms with Crippen LogP contribution in [0.15, 0.2) is 24.3 Å². The van der Waals surface area contributed by atoms with Crippen LogP contribution >= 0.6 is 27.7 Å². The number of alkyl halides is 1. The number of nitrogens with zero attached hydrogens (tertiary/aromatic N) is 1. The normalized spacial score (nSPS) is 18.4. The molecule has 6 heteroatoms. The van der Waals surface area contributed by atoms with Crippen LogP contribution in [-0.4, -0.2) is 47.5 Å². The molecule has 1 aliphatic rings. The first kappa shape index (κ1) is 14.5. The topological polar surface area (TPSA) is 38.8 Å². The maximum atomic E-state index is 11.7. The molecule has 4 nitrogen and oxygen atoms in total. The maximum absolute atomic E-state index is 11.7. The molecule has 19 heavy (non-hydrogen) atoms. The van der Waals surface area contributed by atoms with Crippen LogP contribution in [0.5, 0.6) is 11.5 Å². The second-order valence-electron chi connectivity index (χ2n) is 4.01. The molecule has 0 N–H and O–H groups in total. The van der Waals surface area contributed by atoms with Crippen LogP contribution in [-0.2, 0) is 4.79 Å². The van der Waals surface area contributed by atoms with Gasteiger partial charge in [0.1, 0.15) is 12.0 Å². The van der Waals surface area contributed by atoms with Crippen molar-refractivity contribution in [1.82, 2.24) is 4.90 Å². The Balaban J connectivity index is 1.96. The zero-order chi connectivity index (χ0) is 13.7. The average Bonchev–Trinajstić information content (AvgIpc) is 2.93. The summed E-state index contributed by atoms with van der Waals surface area (Å²) in [6.45, 7) is 1.26. The Bertz CT molecular complexity index is 444. The largest absolute Gasteiger partial charge is 0.493 e. The molecule has 0 bridgehead atoms. The fourth-order valence-electron chi connectivity index (χ4n) is 1.92. The van der Waals surface area contributed by atoms with E-state index in [1.165, 1.54) is 0 Å². The molecule has 0 saturated carbocycles. The molecule has 1 atom stereocenters. The highest BCUT2D eigenvalue weighted by atomic mass is 79.9. The summed E-state index contributed by atoms with van der Waals surface area (Å²) < 4.78 is 11.0. The van der Waals surface area contributed by atoms with E-state index in [0.717, 1.165) is 12.3 Å². The van der Waals surface area contributed by atoms with Gasteiger partial charge in [0.2, 0.25) is 5.91 Å². The summed E-state index contributed by atoms with van der Waals surface area (Å²) in [4.78, 5) is 13.6. The standard InChI is InChI=1S/C13H16BrNO3S/c1-17-10-4-2-3-5-11(10)18-9-13-15(6-7-19-13)12(16)8-14/h2-5,13H,6-9H2,1H3. The number of halogens is 1. The van der Waals surface area contributed by atoms with Gasteiger partial charge >= 0.3 is 0 Å². The number of amides is 1. The molecule has 2 rings (SSSR count). The minimum Gasteiger partial charge on any atom is -0.493 e. The monoisotopic (exact) mass is 345 g/mol. The first-order chi connectivity index (χ1) is 9.26. The van der Waals surface area contributed by atoms with Gasteiger partial charge in [-0.05, 0) is 12.1 Å². The molecule has 1 aromatic rings. The van der Waals surface area contributed by atoms with Gasteiger partial charge in [-0.15, -0.1) is 11.8 Å². The van der Waals surface area contributed by atoms with Gasteiger partial charge in [-0.3, -0.25) is 4.79 Å². The van der Waals surface area contributed by atoms with Crippen molar-refractivity contribution < 1.29 is 14.3 Å². The van der Waals surface area contributed by atoms with Crippen molar-refractivity contribution in [2.24, 2.45) is 0 Å². The second kappa shape index (κ2) is 7.05. The van der Waals surface area contributed by atoms with E-state index in [1.807, 2.05) is 29.2 Å². The van der Waals surface area contributed by atoms with Crippen LogP contribution in [0, 0.1) is 0 Å². The van der Waals surface area contributed by atoms with E-state index < -0.39 is 0 Å². The van der Waals surface area contributed by atoms with Gasteiger partial charge in [0, 0.05) is 12.3 Å². The third-order valence-corrected chi connectivity index (χ3v) is 4.55. The third kappa shape index (κ3) is 3.57. The molecule has 0 radical (unpaired) electrons. The van der Waals surface area contributed by atoms with Gasteiger partial charge in [0.15, 0.2) is 11.5 Å². The number of para-hydroxylation sites is 2. The Morgan fingerprint density at radius 1 is 1.47 bits per heavy atom. The Morgan fingerprint density at radius 2 is 2.21 bits per heavy atom. The van der Waals surface area contributed by atoms with Gasteiger partial charge < -0.3 is 14.4 Å². The quantitative estimate of drug-likeness (QED) is 0.768. The predicted octanol–water partition coefficient (Wildman–Crippen LogP) is 2.37. The van der Waals surface area contributed by atoms with Gasteiger partial charge in [-0.1, -0.05) is 28.1 Å². The Labute approximate surface area is 125 Å². The molecule has 1 heterocycles. The van der Waals surface area contributed by atoms with Crippen molar-refractivity contribution in [3.05, 3.63) is 24.3 Å². The number of ether oxygens (including phenoxy) is 2. The first-order valence-corrected chi connectivity index (χ1v) is 8.16. The van der Waals surface area contributed by atoms with Crippen LogP contribution in [0.1, 0.15) is 0 Å². The fraction of sp³-hybridized carbons (Fsp3) is 0.462. The Hall–Kier alpha value is -0.880. The van der Waals surface area contributed by atoms with E-state index >= 15 is 0 Å². The van der Waals surface area contributed by atoms with E-state index in [1.54, 1.807) is 18.9 Å². The van der Waals surface area contributed by atoms with Gasteiger partial charge in [-0.25, -0.2) is 0 Å². The number of methoxy groups -OCH3 is 1. The molecule has 0 aliphatic carbocycles. The van der Waals surface area contributed by atoms with Crippen molar-refractivity contribution in [3.63, 3.8) is 0 Å². The van der Waals surface area contributed by atoms with E-state index in [2.05, 4.69) is 15.9 Å². The Kier molecular flexibility index (Phi) is 5.39.